The lowest BCUT2D eigenvalue weighted by atomic mass is 9.97. The van der Waals surface area contributed by atoms with Crippen LogP contribution in [0.3, 0.4) is 0 Å². The average Bonchev–Trinajstić information content (AvgIpc) is 3.00. The van der Waals surface area contributed by atoms with Crippen molar-refractivity contribution in [1.29, 1.82) is 0 Å². The van der Waals surface area contributed by atoms with E-state index in [4.69, 9.17) is 9.72 Å². The van der Waals surface area contributed by atoms with E-state index in [0.29, 0.717) is 59.6 Å². The Labute approximate surface area is 273 Å². The molecule has 0 saturated carbocycles. The minimum Gasteiger partial charge on any atom is -0.444 e. The van der Waals surface area contributed by atoms with Gasteiger partial charge >= 0.3 is 6.09 Å². The van der Waals surface area contributed by atoms with Crippen molar-refractivity contribution in [2.75, 3.05) is 31.1 Å². The summed E-state index contributed by atoms with van der Waals surface area (Å²) in [4.78, 5) is 29.9. The lowest BCUT2D eigenvalue weighted by Gasteiger charge is -2.38. The number of piperazine rings is 1. The highest BCUT2D eigenvalue weighted by molar-refractivity contribution is 6.90. The molecule has 0 unspecified atom stereocenters. The molecule has 4 aromatic rings. The Hall–Kier alpha value is -4.03. The summed E-state index contributed by atoms with van der Waals surface area (Å²) in [6.45, 7) is 21.4. The van der Waals surface area contributed by atoms with Crippen LogP contribution in [-0.2, 0) is 4.74 Å². The van der Waals surface area contributed by atoms with Crippen molar-refractivity contribution >= 4 is 41.7 Å². The second-order valence-corrected chi connectivity index (χ2v) is 19.8. The van der Waals surface area contributed by atoms with Crippen molar-refractivity contribution in [1.82, 2.24) is 19.9 Å². The molecule has 0 radical (unpaired) electrons. The van der Waals surface area contributed by atoms with Gasteiger partial charge in [-0.2, -0.15) is 0 Å². The summed E-state index contributed by atoms with van der Waals surface area (Å²) >= 11 is 0. The summed E-state index contributed by atoms with van der Waals surface area (Å²) < 4.78 is 22.0. The normalized spacial score (nSPS) is 14.4. The van der Waals surface area contributed by atoms with Crippen molar-refractivity contribution in [3.63, 3.8) is 0 Å². The highest BCUT2D eigenvalue weighted by Crippen LogP contribution is 2.41. The number of aromatic nitrogens is 3. The second kappa shape index (κ2) is 13.0. The number of carbonyl (C=O) groups is 1. The number of halogens is 1. The van der Waals surface area contributed by atoms with Gasteiger partial charge in [-0.25, -0.2) is 19.2 Å². The van der Waals surface area contributed by atoms with Gasteiger partial charge in [0.05, 0.1) is 5.39 Å². The van der Waals surface area contributed by atoms with E-state index in [1.165, 1.54) is 6.33 Å². The van der Waals surface area contributed by atoms with E-state index in [9.17, 15) is 4.79 Å². The average molecular weight is 640 g/mol. The molecular formula is C37H46FN5O2Si. The number of benzene rings is 2. The van der Waals surface area contributed by atoms with Crippen LogP contribution in [0.15, 0.2) is 48.9 Å². The second-order valence-electron chi connectivity index (χ2n) is 14.2. The fraction of sp³-hybridized carbons (Fsp3) is 0.459. The molecule has 7 nitrogen and oxygen atoms in total. The SMILES string of the molecule is CC(C)[Si](C#Cc1cccc2cccc(-c3ncc4c(N5CCN(C(=O)OC(C)(C)C)CC5)ncnc4c3F)c12)(C(C)C)C(C)C. The van der Waals surface area contributed by atoms with Gasteiger partial charge in [-0.1, -0.05) is 77.8 Å². The maximum Gasteiger partial charge on any atom is 0.410 e. The van der Waals surface area contributed by atoms with Crippen LogP contribution in [0.5, 0.6) is 0 Å². The molecule has 1 fully saturated rings. The maximum absolute atomic E-state index is 16.5. The minimum absolute atomic E-state index is 0.219. The lowest BCUT2D eigenvalue weighted by Crippen LogP contribution is -2.50. The zero-order chi connectivity index (χ0) is 33.4. The Balaban J connectivity index is 1.54. The number of rotatable bonds is 5. The number of anilines is 1. The Morgan fingerprint density at radius 1 is 0.913 bits per heavy atom. The van der Waals surface area contributed by atoms with Gasteiger partial charge in [0.2, 0.25) is 0 Å². The number of nitrogens with zero attached hydrogens (tertiary/aromatic N) is 5. The molecule has 1 amide bonds. The molecule has 1 aliphatic heterocycles. The largest absolute Gasteiger partial charge is 0.444 e. The summed E-state index contributed by atoms with van der Waals surface area (Å²) in [7, 11) is -1.99. The van der Waals surface area contributed by atoms with Crippen molar-refractivity contribution in [3.05, 3.63) is 60.3 Å². The first kappa shape index (κ1) is 33.3. The number of hydrogen-bond donors (Lipinski definition) is 0. The predicted molar refractivity (Wildman–Crippen MR) is 188 cm³/mol. The van der Waals surface area contributed by atoms with Crippen LogP contribution in [-0.4, -0.2) is 65.8 Å². The van der Waals surface area contributed by atoms with Crippen molar-refractivity contribution in [2.45, 2.75) is 84.5 Å². The molecule has 0 bridgehead atoms. The highest BCUT2D eigenvalue weighted by Gasteiger charge is 2.41. The number of carbonyl (C=O) groups excluding carboxylic acids is 1. The molecule has 2 aromatic heterocycles. The van der Waals surface area contributed by atoms with E-state index in [-0.39, 0.29) is 17.3 Å². The third-order valence-corrected chi connectivity index (χ3v) is 15.6. The Kier molecular flexibility index (Phi) is 9.42. The minimum atomic E-state index is -1.99. The van der Waals surface area contributed by atoms with Crippen LogP contribution >= 0.6 is 0 Å². The van der Waals surface area contributed by atoms with Crippen LogP contribution < -0.4 is 4.90 Å². The summed E-state index contributed by atoms with van der Waals surface area (Å²) in [6.07, 6.45) is 2.74. The van der Waals surface area contributed by atoms with Gasteiger partial charge < -0.3 is 14.5 Å². The molecule has 242 valence electrons. The monoisotopic (exact) mass is 639 g/mol. The number of pyridine rings is 1. The van der Waals surface area contributed by atoms with Gasteiger partial charge in [0, 0.05) is 48.9 Å². The summed E-state index contributed by atoms with van der Waals surface area (Å²) in [6, 6.07) is 12.0. The van der Waals surface area contributed by atoms with E-state index >= 15 is 4.39 Å². The van der Waals surface area contributed by atoms with Crippen LogP contribution in [0, 0.1) is 17.3 Å². The van der Waals surface area contributed by atoms with Gasteiger partial charge in [-0.15, -0.1) is 5.54 Å². The summed E-state index contributed by atoms with van der Waals surface area (Å²) in [5.74, 6) is 3.73. The summed E-state index contributed by atoms with van der Waals surface area (Å²) in [5, 5.41) is 2.43. The van der Waals surface area contributed by atoms with Gasteiger partial charge in [0.25, 0.3) is 0 Å². The van der Waals surface area contributed by atoms with E-state index in [1.807, 2.05) is 62.1 Å². The molecular weight excluding hydrogens is 594 g/mol. The first-order chi connectivity index (χ1) is 21.7. The first-order valence-electron chi connectivity index (χ1n) is 16.3. The summed E-state index contributed by atoms with van der Waals surface area (Å²) in [5.41, 5.74) is 6.84. The molecule has 0 atom stereocenters. The van der Waals surface area contributed by atoms with E-state index in [0.717, 1.165) is 16.3 Å². The quantitative estimate of drug-likeness (QED) is 0.161. The lowest BCUT2D eigenvalue weighted by molar-refractivity contribution is 0.0240. The Morgan fingerprint density at radius 3 is 2.15 bits per heavy atom. The molecule has 3 heterocycles. The molecule has 1 aliphatic rings. The van der Waals surface area contributed by atoms with Crippen LogP contribution in [0.4, 0.5) is 15.0 Å². The highest BCUT2D eigenvalue weighted by atomic mass is 28.3. The fourth-order valence-electron chi connectivity index (χ4n) is 7.10. The number of amides is 1. The molecule has 0 spiro atoms. The number of fused-ring (bicyclic) bond motifs is 2. The molecule has 2 aromatic carbocycles. The standard InChI is InChI=1S/C37H46FN5O2Si/c1-24(2)46(25(3)4,26(5)6)21-16-28-13-10-12-27-14-11-15-29(31(27)28)33-32(38)34-30(22-39-33)35(41-23-40-34)42-17-19-43(20-18-42)36(44)45-37(7,8)9/h10-15,22-26H,17-20H2,1-9H3. The molecule has 0 aliphatic carbocycles. The van der Waals surface area contributed by atoms with E-state index in [1.54, 1.807) is 11.1 Å². The number of ether oxygens (including phenoxy) is 1. The predicted octanol–water partition coefficient (Wildman–Crippen LogP) is 8.61. The van der Waals surface area contributed by atoms with Gasteiger partial charge in [-0.3, -0.25) is 4.98 Å². The van der Waals surface area contributed by atoms with Crippen molar-refractivity contribution in [3.8, 4) is 22.7 Å². The molecule has 9 heteroatoms. The molecule has 5 rings (SSSR count). The zero-order valence-electron chi connectivity index (χ0n) is 28.6. The molecule has 0 N–H and O–H groups in total. The molecule has 1 saturated heterocycles. The smallest absolute Gasteiger partial charge is 0.410 e. The van der Waals surface area contributed by atoms with Crippen LogP contribution in [0.1, 0.15) is 67.9 Å². The van der Waals surface area contributed by atoms with Crippen LogP contribution in [0.25, 0.3) is 32.9 Å². The maximum atomic E-state index is 16.5. The van der Waals surface area contributed by atoms with Gasteiger partial charge in [0.1, 0.15) is 37.0 Å². The van der Waals surface area contributed by atoms with Crippen molar-refractivity contribution in [2.24, 2.45) is 0 Å². The number of hydrogen-bond acceptors (Lipinski definition) is 6. The van der Waals surface area contributed by atoms with Gasteiger partial charge in [0.15, 0.2) is 5.82 Å². The third kappa shape index (κ3) is 6.32. The fourth-order valence-corrected chi connectivity index (χ4v) is 12.3. The zero-order valence-corrected chi connectivity index (χ0v) is 29.6. The van der Waals surface area contributed by atoms with E-state index in [2.05, 4.69) is 63.0 Å². The van der Waals surface area contributed by atoms with Crippen LogP contribution in [0.2, 0.25) is 16.6 Å². The Bertz CT molecular complexity index is 1790. The molecule has 46 heavy (non-hydrogen) atoms. The van der Waals surface area contributed by atoms with Crippen molar-refractivity contribution < 1.29 is 13.9 Å². The topological polar surface area (TPSA) is 71.5 Å². The van der Waals surface area contributed by atoms with E-state index < -0.39 is 19.5 Å². The third-order valence-electron chi connectivity index (χ3n) is 9.27. The Morgan fingerprint density at radius 2 is 1.54 bits per heavy atom. The first-order valence-corrected chi connectivity index (χ1v) is 18.5. The van der Waals surface area contributed by atoms with Gasteiger partial charge in [-0.05, 0) is 48.8 Å².